The third kappa shape index (κ3) is 1.99. The number of imidazole rings is 1. The van der Waals surface area contributed by atoms with Crippen molar-refractivity contribution in [2.75, 3.05) is 0 Å². The van der Waals surface area contributed by atoms with E-state index >= 15 is 0 Å². The molecule has 0 amide bonds. The first-order valence-corrected chi connectivity index (χ1v) is 5.53. The van der Waals surface area contributed by atoms with Crippen LogP contribution in [-0.2, 0) is 6.54 Å². The number of aryl methyl sites for hydroxylation is 1. The molecule has 4 nitrogen and oxygen atoms in total. The molecule has 2 aromatic rings. The Morgan fingerprint density at radius 2 is 2.44 bits per heavy atom. The first-order chi connectivity index (χ1) is 7.74. The molecule has 2 rings (SSSR count). The van der Waals surface area contributed by atoms with Crippen molar-refractivity contribution >= 4 is 11.6 Å². The highest BCUT2D eigenvalue weighted by molar-refractivity contribution is 6.29. The molecule has 0 fully saturated rings. The van der Waals surface area contributed by atoms with Crippen molar-refractivity contribution in [2.24, 2.45) is 0 Å². The van der Waals surface area contributed by atoms with E-state index in [1.807, 2.05) is 10.8 Å². The number of furan rings is 1. The van der Waals surface area contributed by atoms with E-state index in [2.05, 4.69) is 11.9 Å². The Bertz CT molecular complexity index is 464. The lowest BCUT2D eigenvalue weighted by molar-refractivity contribution is 0.203. The summed E-state index contributed by atoms with van der Waals surface area (Å²) in [5.41, 5.74) is 0.546. The molecule has 5 heteroatoms. The highest BCUT2D eigenvalue weighted by Gasteiger charge is 2.20. The molecular weight excluding hydrogens is 228 g/mol. The maximum atomic E-state index is 10.1. The van der Waals surface area contributed by atoms with Crippen molar-refractivity contribution in [1.82, 2.24) is 9.55 Å². The van der Waals surface area contributed by atoms with Gasteiger partial charge < -0.3 is 14.1 Å². The summed E-state index contributed by atoms with van der Waals surface area (Å²) >= 11 is 5.82. The predicted octanol–water partition coefficient (Wildman–Crippen LogP) is 2.62. The van der Waals surface area contributed by atoms with E-state index in [0.717, 1.165) is 13.0 Å². The summed E-state index contributed by atoms with van der Waals surface area (Å²) < 4.78 is 6.86. The fourth-order valence-electron chi connectivity index (χ4n) is 1.64. The van der Waals surface area contributed by atoms with Gasteiger partial charge in [-0.25, -0.2) is 4.98 Å². The molecule has 0 bridgehead atoms. The fraction of sp³-hybridized carbons (Fsp3) is 0.364. The highest BCUT2D eigenvalue weighted by atomic mass is 35.5. The molecule has 2 aromatic heterocycles. The third-order valence-electron chi connectivity index (χ3n) is 2.40. The van der Waals surface area contributed by atoms with Gasteiger partial charge in [-0.15, -0.1) is 0 Å². The summed E-state index contributed by atoms with van der Waals surface area (Å²) in [5.74, 6) is 0.588. The van der Waals surface area contributed by atoms with Gasteiger partial charge in [0.2, 0.25) is 0 Å². The summed E-state index contributed by atoms with van der Waals surface area (Å²) in [7, 11) is 0. The van der Waals surface area contributed by atoms with E-state index in [4.69, 9.17) is 16.0 Å². The molecule has 1 atom stereocenters. The van der Waals surface area contributed by atoms with Gasteiger partial charge in [0.05, 0.1) is 6.26 Å². The molecule has 0 aliphatic rings. The first-order valence-electron chi connectivity index (χ1n) is 5.16. The molecule has 0 aliphatic heterocycles. The fourth-order valence-corrected chi connectivity index (χ4v) is 1.85. The van der Waals surface area contributed by atoms with Gasteiger partial charge in [0, 0.05) is 24.5 Å². The Labute approximate surface area is 98.5 Å². The molecule has 0 aliphatic carbocycles. The second-order valence-corrected chi connectivity index (χ2v) is 3.87. The van der Waals surface area contributed by atoms with Crippen molar-refractivity contribution < 1.29 is 9.52 Å². The summed E-state index contributed by atoms with van der Waals surface area (Å²) in [6, 6.07) is 1.65. The van der Waals surface area contributed by atoms with Crippen molar-refractivity contribution in [3.8, 4) is 0 Å². The van der Waals surface area contributed by atoms with Crippen LogP contribution in [0.2, 0.25) is 5.22 Å². The number of hydrogen-bond acceptors (Lipinski definition) is 3. The molecule has 0 radical (unpaired) electrons. The van der Waals surface area contributed by atoms with Gasteiger partial charge in [-0.1, -0.05) is 6.92 Å². The normalized spacial score (nSPS) is 12.9. The van der Waals surface area contributed by atoms with E-state index in [1.54, 1.807) is 12.3 Å². The molecule has 0 aromatic carbocycles. The number of halogens is 1. The SMILES string of the molecule is CCCn1ccnc1C(O)c1ccoc1Cl. The number of aliphatic hydroxyl groups is 1. The number of aliphatic hydroxyl groups excluding tert-OH is 1. The summed E-state index contributed by atoms with van der Waals surface area (Å²) in [5, 5.41) is 10.3. The molecule has 0 spiro atoms. The second-order valence-electron chi connectivity index (χ2n) is 3.53. The van der Waals surface area contributed by atoms with Crippen LogP contribution in [0.15, 0.2) is 29.1 Å². The smallest absolute Gasteiger partial charge is 0.199 e. The molecule has 2 heterocycles. The van der Waals surface area contributed by atoms with Crippen LogP contribution >= 0.6 is 11.6 Å². The minimum absolute atomic E-state index is 0.207. The first kappa shape index (κ1) is 11.2. The predicted molar refractivity (Wildman–Crippen MR) is 60.3 cm³/mol. The lowest BCUT2D eigenvalue weighted by Crippen LogP contribution is -2.09. The van der Waals surface area contributed by atoms with Crippen LogP contribution in [0.1, 0.15) is 30.8 Å². The summed E-state index contributed by atoms with van der Waals surface area (Å²) in [4.78, 5) is 4.14. The number of hydrogen-bond donors (Lipinski definition) is 1. The highest BCUT2D eigenvalue weighted by Crippen LogP contribution is 2.28. The molecule has 1 N–H and O–H groups in total. The van der Waals surface area contributed by atoms with Crippen molar-refractivity contribution in [3.05, 3.63) is 41.3 Å². The Morgan fingerprint density at radius 3 is 3.06 bits per heavy atom. The van der Waals surface area contributed by atoms with Gasteiger partial charge in [-0.3, -0.25) is 0 Å². The van der Waals surface area contributed by atoms with Crippen LogP contribution in [0.5, 0.6) is 0 Å². The standard InChI is InChI=1S/C11H13ClN2O2/c1-2-5-14-6-4-13-11(14)9(15)8-3-7-16-10(8)12/h3-4,6-7,9,15H,2,5H2,1H3. The van der Waals surface area contributed by atoms with Gasteiger partial charge in [-0.2, -0.15) is 0 Å². The Balaban J connectivity index is 2.30. The Morgan fingerprint density at radius 1 is 1.62 bits per heavy atom. The minimum Gasteiger partial charge on any atom is -0.453 e. The minimum atomic E-state index is -0.840. The topological polar surface area (TPSA) is 51.2 Å². The number of nitrogens with zero attached hydrogens (tertiary/aromatic N) is 2. The van der Waals surface area contributed by atoms with Crippen LogP contribution in [-0.4, -0.2) is 14.7 Å². The quantitative estimate of drug-likeness (QED) is 0.894. The Hall–Kier alpha value is -1.26. The zero-order valence-corrected chi connectivity index (χ0v) is 9.68. The van der Waals surface area contributed by atoms with E-state index < -0.39 is 6.10 Å². The van der Waals surface area contributed by atoms with E-state index in [9.17, 15) is 5.11 Å². The van der Waals surface area contributed by atoms with Crippen LogP contribution in [0, 0.1) is 0 Å². The zero-order valence-electron chi connectivity index (χ0n) is 8.93. The van der Waals surface area contributed by atoms with E-state index in [0.29, 0.717) is 11.4 Å². The van der Waals surface area contributed by atoms with Crippen LogP contribution < -0.4 is 0 Å². The maximum absolute atomic E-state index is 10.1. The summed E-state index contributed by atoms with van der Waals surface area (Å²) in [6.45, 7) is 2.89. The van der Waals surface area contributed by atoms with Gasteiger partial charge in [0.25, 0.3) is 0 Å². The van der Waals surface area contributed by atoms with Gasteiger partial charge in [0.15, 0.2) is 5.22 Å². The average molecular weight is 241 g/mol. The second kappa shape index (κ2) is 4.72. The average Bonchev–Trinajstić information content (AvgIpc) is 2.87. The molecule has 0 saturated heterocycles. The van der Waals surface area contributed by atoms with Crippen molar-refractivity contribution in [1.29, 1.82) is 0 Å². The molecule has 86 valence electrons. The lowest BCUT2D eigenvalue weighted by Gasteiger charge is -2.11. The number of aromatic nitrogens is 2. The van der Waals surface area contributed by atoms with E-state index in [1.165, 1.54) is 6.26 Å². The monoisotopic (exact) mass is 240 g/mol. The zero-order chi connectivity index (χ0) is 11.5. The van der Waals surface area contributed by atoms with Gasteiger partial charge in [0.1, 0.15) is 11.9 Å². The summed E-state index contributed by atoms with van der Waals surface area (Å²) in [6.07, 6.45) is 5.11. The molecule has 1 unspecified atom stereocenters. The Kier molecular flexibility index (Phi) is 3.31. The number of rotatable bonds is 4. The van der Waals surface area contributed by atoms with E-state index in [-0.39, 0.29) is 5.22 Å². The van der Waals surface area contributed by atoms with Crippen LogP contribution in [0.25, 0.3) is 0 Å². The van der Waals surface area contributed by atoms with Gasteiger partial charge in [-0.05, 0) is 24.1 Å². The molecular formula is C11H13ClN2O2. The molecule has 0 saturated carbocycles. The van der Waals surface area contributed by atoms with Crippen LogP contribution in [0.3, 0.4) is 0 Å². The van der Waals surface area contributed by atoms with Crippen molar-refractivity contribution in [3.63, 3.8) is 0 Å². The molecule has 16 heavy (non-hydrogen) atoms. The third-order valence-corrected chi connectivity index (χ3v) is 2.70. The van der Waals surface area contributed by atoms with Crippen molar-refractivity contribution in [2.45, 2.75) is 26.0 Å². The maximum Gasteiger partial charge on any atom is 0.199 e. The van der Waals surface area contributed by atoms with Crippen LogP contribution in [0.4, 0.5) is 0 Å². The van der Waals surface area contributed by atoms with Gasteiger partial charge >= 0.3 is 0 Å². The largest absolute Gasteiger partial charge is 0.453 e. The lowest BCUT2D eigenvalue weighted by atomic mass is 10.2.